The maximum Gasteiger partial charge on any atom is 0.272 e. The molecule has 0 bridgehead atoms. The number of nitrogens with one attached hydrogen (secondary N) is 1. The minimum absolute atomic E-state index is 0.0835. The third-order valence-electron chi connectivity index (χ3n) is 4.43. The zero-order valence-electron chi connectivity index (χ0n) is 14.4. The first kappa shape index (κ1) is 16.3. The number of methoxy groups -OCH3 is 1. The van der Waals surface area contributed by atoms with Crippen LogP contribution in [0.3, 0.4) is 0 Å². The summed E-state index contributed by atoms with van der Waals surface area (Å²) in [6.07, 6.45) is 1.68. The molecule has 1 amide bonds. The van der Waals surface area contributed by atoms with Gasteiger partial charge >= 0.3 is 0 Å². The lowest BCUT2D eigenvalue weighted by molar-refractivity contribution is 0.0527. The Morgan fingerprint density at radius 1 is 1.19 bits per heavy atom. The summed E-state index contributed by atoms with van der Waals surface area (Å²) >= 11 is 0. The number of rotatable bonds is 4. The number of hydrogen-bond donors (Lipinski definition) is 1. The summed E-state index contributed by atoms with van der Waals surface area (Å²) in [5.41, 5.74) is 1.44. The molecule has 26 heavy (non-hydrogen) atoms. The molecule has 3 heterocycles. The number of likely N-dealkylation sites (tertiary alicyclic amines) is 1. The molecule has 4 rings (SSSR count). The molecule has 8 nitrogen and oxygen atoms in total. The van der Waals surface area contributed by atoms with Crippen molar-refractivity contribution in [1.29, 1.82) is 0 Å². The predicted octanol–water partition coefficient (Wildman–Crippen LogP) is 2.05. The van der Waals surface area contributed by atoms with Crippen LogP contribution in [0.25, 0.3) is 11.2 Å². The molecule has 1 saturated heterocycles. The molecule has 0 spiro atoms. The largest absolute Gasteiger partial charge is 0.493 e. The number of pyridine rings is 1. The number of carbonyl (C=O) groups is 1. The third-order valence-corrected chi connectivity index (χ3v) is 4.43. The zero-order chi connectivity index (χ0) is 17.9. The number of aromatic amines is 1. The first-order valence-electron chi connectivity index (χ1n) is 8.51. The molecule has 1 atom stereocenters. The summed E-state index contributed by atoms with van der Waals surface area (Å²) < 4.78 is 11.4. The van der Waals surface area contributed by atoms with Crippen LogP contribution in [0.15, 0.2) is 36.4 Å². The Kier molecular flexibility index (Phi) is 4.39. The van der Waals surface area contributed by atoms with Gasteiger partial charge in [-0.15, -0.1) is 5.10 Å². The summed E-state index contributed by atoms with van der Waals surface area (Å²) in [6, 6.07) is 11.0. The van der Waals surface area contributed by atoms with E-state index in [4.69, 9.17) is 9.47 Å². The van der Waals surface area contributed by atoms with Crippen molar-refractivity contribution in [1.82, 2.24) is 25.3 Å². The quantitative estimate of drug-likeness (QED) is 0.771. The minimum Gasteiger partial charge on any atom is -0.493 e. The van der Waals surface area contributed by atoms with Crippen molar-refractivity contribution < 1.29 is 14.3 Å². The van der Waals surface area contributed by atoms with Crippen LogP contribution in [0.5, 0.6) is 11.5 Å². The highest BCUT2D eigenvalue weighted by atomic mass is 16.5. The van der Waals surface area contributed by atoms with E-state index in [0.29, 0.717) is 41.4 Å². The predicted molar refractivity (Wildman–Crippen MR) is 94.2 cm³/mol. The number of hydrogen-bond acceptors (Lipinski definition) is 6. The first-order valence-corrected chi connectivity index (χ1v) is 8.51. The number of nitrogens with zero attached hydrogens (tertiary/aromatic N) is 4. The monoisotopic (exact) mass is 353 g/mol. The second kappa shape index (κ2) is 6.99. The van der Waals surface area contributed by atoms with Gasteiger partial charge in [-0.25, -0.2) is 4.98 Å². The van der Waals surface area contributed by atoms with Gasteiger partial charge in [-0.05, 0) is 37.1 Å². The number of carbonyl (C=O) groups excluding carboxylic acids is 1. The van der Waals surface area contributed by atoms with Gasteiger partial charge in [0.1, 0.15) is 17.3 Å². The Morgan fingerprint density at radius 2 is 2.04 bits per heavy atom. The molecule has 1 fully saturated rings. The second-order valence-electron chi connectivity index (χ2n) is 6.15. The van der Waals surface area contributed by atoms with E-state index in [2.05, 4.69) is 20.4 Å². The van der Waals surface area contributed by atoms with Crippen molar-refractivity contribution >= 4 is 17.1 Å². The van der Waals surface area contributed by atoms with Gasteiger partial charge in [0.05, 0.1) is 13.7 Å². The zero-order valence-corrected chi connectivity index (χ0v) is 14.4. The number of benzene rings is 1. The van der Waals surface area contributed by atoms with Gasteiger partial charge in [-0.2, -0.15) is 10.3 Å². The average Bonchev–Trinajstić information content (AvgIpc) is 3.16. The lowest BCUT2D eigenvalue weighted by Gasteiger charge is -2.33. The van der Waals surface area contributed by atoms with E-state index in [1.54, 1.807) is 24.1 Å². The summed E-state index contributed by atoms with van der Waals surface area (Å²) in [5.74, 6) is 1.26. The fraction of sp³-hybridized carbons (Fsp3) is 0.333. The SMILES string of the molecule is COc1ccccc1O[C@@H]1CCCN(C(=O)c2ccc3n[nH]nc3n2)C1. The van der Waals surface area contributed by atoms with Gasteiger partial charge < -0.3 is 14.4 Å². The molecule has 2 aromatic heterocycles. The molecular weight excluding hydrogens is 334 g/mol. The fourth-order valence-electron chi connectivity index (χ4n) is 3.13. The summed E-state index contributed by atoms with van der Waals surface area (Å²) in [6.45, 7) is 1.19. The molecule has 1 aliphatic heterocycles. The van der Waals surface area contributed by atoms with Crippen LogP contribution in [0.1, 0.15) is 23.3 Å². The van der Waals surface area contributed by atoms with Crippen LogP contribution in [0.2, 0.25) is 0 Å². The number of ether oxygens (including phenoxy) is 2. The Balaban J connectivity index is 1.48. The number of H-pyrrole nitrogens is 1. The molecule has 1 N–H and O–H groups in total. The molecular formula is C18H19N5O3. The number of piperidine rings is 1. The van der Waals surface area contributed by atoms with Gasteiger partial charge in [0.2, 0.25) is 5.65 Å². The summed E-state index contributed by atoms with van der Waals surface area (Å²) in [5, 5.41) is 10.4. The number of amides is 1. The van der Waals surface area contributed by atoms with Crippen molar-refractivity contribution in [2.45, 2.75) is 18.9 Å². The fourth-order valence-corrected chi connectivity index (χ4v) is 3.13. The minimum atomic E-state index is -0.122. The summed E-state index contributed by atoms with van der Waals surface area (Å²) in [4.78, 5) is 18.9. The topological polar surface area (TPSA) is 93.2 Å². The van der Waals surface area contributed by atoms with Gasteiger partial charge in [0.15, 0.2) is 11.5 Å². The van der Waals surface area contributed by atoms with Crippen molar-refractivity contribution in [3.05, 3.63) is 42.1 Å². The standard InChI is InChI=1S/C18H19N5O3/c1-25-15-6-2-3-7-16(15)26-12-5-4-10-23(11-12)18(24)14-9-8-13-17(19-14)21-22-20-13/h2-3,6-9,12H,4-5,10-11H2,1H3,(H,19,20,21,22)/t12-/m1/s1. The van der Waals surface area contributed by atoms with Gasteiger partial charge in [0, 0.05) is 6.54 Å². The van der Waals surface area contributed by atoms with E-state index in [0.717, 1.165) is 12.8 Å². The van der Waals surface area contributed by atoms with Crippen LogP contribution in [-0.2, 0) is 0 Å². The highest BCUT2D eigenvalue weighted by Crippen LogP contribution is 2.28. The molecule has 0 radical (unpaired) electrons. The number of fused-ring (bicyclic) bond motifs is 1. The lowest BCUT2D eigenvalue weighted by atomic mass is 10.1. The maximum atomic E-state index is 12.8. The first-order chi connectivity index (χ1) is 12.7. The van der Waals surface area contributed by atoms with E-state index in [9.17, 15) is 4.79 Å². The van der Waals surface area contributed by atoms with E-state index in [1.165, 1.54) is 0 Å². The highest BCUT2D eigenvalue weighted by molar-refractivity contribution is 5.94. The molecule has 3 aromatic rings. The highest BCUT2D eigenvalue weighted by Gasteiger charge is 2.27. The van der Waals surface area contributed by atoms with Crippen LogP contribution in [0, 0.1) is 0 Å². The Labute approximate surface area is 150 Å². The normalized spacial score (nSPS) is 17.3. The molecule has 8 heteroatoms. The summed E-state index contributed by atoms with van der Waals surface area (Å²) in [7, 11) is 1.62. The van der Waals surface area contributed by atoms with E-state index in [1.807, 2.05) is 24.3 Å². The molecule has 0 saturated carbocycles. The molecule has 0 unspecified atom stereocenters. The van der Waals surface area contributed by atoms with Crippen molar-refractivity contribution in [2.75, 3.05) is 20.2 Å². The lowest BCUT2D eigenvalue weighted by Crippen LogP contribution is -2.44. The molecule has 0 aliphatic carbocycles. The maximum absolute atomic E-state index is 12.8. The van der Waals surface area contributed by atoms with Crippen LogP contribution >= 0.6 is 0 Å². The van der Waals surface area contributed by atoms with Gasteiger partial charge in [0.25, 0.3) is 5.91 Å². The van der Waals surface area contributed by atoms with Crippen LogP contribution in [-0.4, -0.2) is 57.5 Å². The van der Waals surface area contributed by atoms with E-state index >= 15 is 0 Å². The van der Waals surface area contributed by atoms with Gasteiger partial charge in [-0.3, -0.25) is 4.79 Å². The Morgan fingerprint density at radius 3 is 2.88 bits per heavy atom. The Hall–Kier alpha value is -3.16. The number of para-hydroxylation sites is 2. The van der Waals surface area contributed by atoms with E-state index < -0.39 is 0 Å². The van der Waals surface area contributed by atoms with Crippen molar-refractivity contribution in [3.8, 4) is 11.5 Å². The smallest absolute Gasteiger partial charge is 0.272 e. The van der Waals surface area contributed by atoms with E-state index in [-0.39, 0.29) is 12.0 Å². The molecule has 134 valence electrons. The Bertz CT molecular complexity index is 926. The number of aromatic nitrogens is 4. The van der Waals surface area contributed by atoms with Crippen LogP contribution in [0.4, 0.5) is 0 Å². The molecule has 1 aliphatic rings. The average molecular weight is 353 g/mol. The third kappa shape index (κ3) is 3.17. The van der Waals surface area contributed by atoms with Crippen LogP contribution < -0.4 is 9.47 Å². The van der Waals surface area contributed by atoms with Crippen molar-refractivity contribution in [3.63, 3.8) is 0 Å². The van der Waals surface area contributed by atoms with Crippen molar-refractivity contribution in [2.24, 2.45) is 0 Å². The van der Waals surface area contributed by atoms with Gasteiger partial charge in [-0.1, -0.05) is 12.1 Å². The second-order valence-corrected chi connectivity index (χ2v) is 6.15. The molecule has 1 aromatic carbocycles.